The normalized spacial score (nSPS) is 17.3. The first-order valence-corrected chi connectivity index (χ1v) is 8.95. The first-order valence-electron chi connectivity index (χ1n) is 8.95. The molecule has 27 heavy (non-hydrogen) atoms. The van der Waals surface area contributed by atoms with Crippen LogP contribution in [-0.2, 0) is 9.59 Å². The Balaban J connectivity index is 1.80. The van der Waals surface area contributed by atoms with Crippen molar-refractivity contribution in [1.82, 2.24) is 0 Å². The van der Waals surface area contributed by atoms with E-state index >= 15 is 0 Å². The zero-order chi connectivity index (χ0) is 18.8. The number of carbonyl (C=O) groups excluding carboxylic acids is 2. The number of para-hydroxylation sites is 1. The van der Waals surface area contributed by atoms with Gasteiger partial charge in [-0.1, -0.05) is 66.2 Å². The molecule has 1 atom stereocenters. The number of amides is 2. The average Bonchev–Trinajstić information content (AvgIpc) is 2.71. The summed E-state index contributed by atoms with van der Waals surface area (Å²) in [5, 5.41) is 0. The fraction of sp³-hybridized carbons (Fsp3) is 0.130. The molecule has 1 saturated heterocycles. The number of piperazine rings is 1. The largest absolute Gasteiger partial charge is 0.301 e. The van der Waals surface area contributed by atoms with Crippen molar-refractivity contribution in [2.24, 2.45) is 0 Å². The van der Waals surface area contributed by atoms with Gasteiger partial charge in [-0.3, -0.25) is 14.5 Å². The van der Waals surface area contributed by atoms with Crippen molar-refractivity contribution >= 4 is 23.2 Å². The van der Waals surface area contributed by atoms with Gasteiger partial charge in [0, 0.05) is 11.4 Å². The van der Waals surface area contributed by atoms with E-state index in [2.05, 4.69) is 0 Å². The third-order valence-electron chi connectivity index (χ3n) is 4.82. The molecule has 0 saturated carbocycles. The molecule has 3 aromatic carbocycles. The zero-order valence-corrected chi connectivity index (χ0v) is 15.1. The van der Waals surface area contributed by atoms with E-state index in [0.717, 1.165) is 22.5 Å². The lowest BCUT2D eigenvalue weighted by Crippen LogP contribution is -2.56. The second-order valence-electron chi connectivity index (χ2n) is 6.67. The lowest BCUT2D eigenvalue weighted by Gasteiger charge is -2.40. The summed E-state index contributed by atoms with van der Waals surface area (Å²) in [6.07, 6.45) is 0. The van der Waals surface area contributed by atoms with E-state index in [1.165, 1.54) is 0 Å². The SMILES string of the molecule is Cc1ccc(N2CC(=O)N(c3ccccc3)[C@@H](c3ccccc3)C2=O)cc1. The molecule has 0 bridgehead atoms. The molecule has 0 aromatic heterocycles. The molecule has 3 aromatic rings. The van der Waals surface area contributed by atoms with Crippen molar-refractivity contribution in [3.05, 3.63) is 96.1 Å². The van der Waals surface area contributed by atoms with E-state index in [4.69, 9.17) is 0 Å². The topological polar surface area (TPSA) is 40.6 Å². The second-order valence-corrected chi connectivity index (χ2v) is 6.67. The molecule has 4 heteroatoms. The Morgan fingerprint density at radius 1 is 0.741 bits per heavy atom. The van der Waals surface area contributed by atoms with Gasteiger partial charge in [0.25, 0.3) is 5.91 Å². The van der Waals surface area contributed by atoms with Crippen LogP contribution < -0.4 is 9.80 Å². The maximum Gasteiger partial charge on any atom is 0.255 e. The Hall–Kier alpha value is -3.40. The highest BCUT2D eigenvalue weighted by Crippen LogP contribution is 2.34. The number of nitrogens with zero attached hydrogens (tertiary/aromatic N) is 2. The molecule has 0 radical (unpaired) electrons. The van der Waals surface area contributed by atoms with Gasteiger partial charge in [-0.05, 0) is 36.8 Å². The number of anilines is 2. The maximum absolute atomic E-state index is 13.5. The highest BCUT2D eigenvalue weighted by atomic mass is 16.2. The van der Waals surface area contributed by atoms with E-state index in [-0.39, 0.29) is 18.4 Å². The van der Waals surface area contributed by atoms with Gasteiger partial charge >= 0.3 is 0 Å². The fourth-order valence-corrected chi connectivity index (χ4v) is 3.44. The van der Waals surface area contributed by atoms with Gasteiger partial charge in [-0.25, -0.2) is 0 Å². The van der Waals surface area contributed by atoms with Crippen molar-refractivity contribution in [1.29, 1.82) is 0 Å². The van der Waals surface area contributed by atoms with Gasteiger partial charge in [0.05, 0.1) is 0 Å². The van der Waals surface area contributed by atoms with Crippen molar-refractivity contribution in [3.8, 4) is 0 Å². The predicted octanol–water partition coefficient (Wildman–Crippen LogP) is 4.12. The second kappa shape index (κ2) is 7.08. The van der Waals surface area contributed by atoms with Crippen LogP contribution in [0.15, 0.2) is 84.9 Å². The van der Waals surface area contributed by atoms with E-state index in [1.54, 1.807) is 9.80 Å². The minimum atomic E-state index is -0.684. The zero-order valence-electron chi connectivity index (χ0n) is 15.1. The lowest BCUT2D eigenvalue weighted by atomic mass is 9.99. The molecule has 1 fully saturated rings. The van der Waals surface area contributed by atoms with Crippen LogP contribution in [0.2, 0.25) is 0 Å². The molecular formula is C23H20N2O2. The Morgan fingerprint density at radius 3 is 1.96 bits per heavy atom. The van der Waals surface area contributed by atoms with Gasteiger partial charge < -0.3 is 4.90 Å². The number of hydrogen-bond acceptors (Lipinski definition) is 2. The standard InChI is InChI=1S/C23H20N2O2/c1-17-12-14-19(15-13-17)24-16-21(26)25(20-10-6-3-7-11-20)22(23(24)27)18-8-4-2-5-9-18/h2-15,22H,16H2,1H3/t22-/m0/s1. The summed E-state index contributed by atoms with van der Waals surface area (Å²) >= 11 is 0. The predicted molar refractivity (Wildman–Crippen MR) is 107 cm³/mol. The Kier molecular flexibility index (Phi) is 4.47. The van der Waals surface area contributed by atoms with Gasteiger partial charge in [0.1, 0.15) is 12.6 Å². The number of aryl methyl sites for hydroxylation is 1. The summed E-state index contributed by atoms with van der Waals surface area (Å²) in [7, 11) is 0. The van der Waals surface area contributed by atoms with Gasteiger partial charge in [-0.15, -0.1) is 0 Å². The third kappa shape index (κ3) is 3.22. The van der Waals surface area contributed by atoms with Crippen LogP contribution >= 0.6 is 0 Å². The average molecular weight is 356 g/mol. The molecule has 2 amide bonds. The monoisotopic (exact) mass is 356 g/mol. The van der Waals surface area contributed by atoms with Crippen LogP contribution in [-0.4, -0.2) is 18.4 Å². The van der Waals surface area contributed by atoms with Gasteiger partial charge in [0.15, 0.2) is 0 Å². The summed E-state index contributed by atoms with van der Waals surface area (Å²) < 4.78 is 0. The van der Waals surface area contributed by atoms with Crippen molar-refractivity contribution in [3.63, 3.8) is 0 Å². The van der Waals surface area contributed by atoms with Crippen LogP contribution in [0.5, 0.6) is 0 Å². The highest BCUT2D eigenvalue weighted by Gasteiger charge is 2.41. The smallest absolute Gasteiger partial charge is 0.255 e. The molecule has 4 rings (SSSR count). The Bertz CT molecular complexity index is 953. The van der Waals surface area contributed by atoms with Crippen LogP contribution in [0.1, 0.15) is 17.2 Å². The summed E-state index contributed by atoms with van der Waals surface area (Å²) in [5.74, 6) is -0.205. The maximum atomic E-state index is 13.5. The number of rotatable bonds is 3. The molecular weight excluding hydrogens is 336 g/mol. The van der Waals surface area contributed by atoms with Gasteiger partial charge in [0.2, 0.25) is 5.91 Å². The minimum Gasteiger partial charge on any atom is -0.301 e. The summed E-state index contributed by atoms with van der Waals surface area (Å²) in [5.41, 5.74) is 3.39. The molecule has 0 unspecified atom stereocenters. The van der Waals surface area contributed by atoms with Gasteiger partial charge in [-0.2, -0.15) is 0 Å². The van der Waals surface area contributed by atoms with Crippen LogP contribution in [0.3, 0.4) is 0 Å². The number of carbonyl (C=O) groups is 2. The molecule has 0 N–H and O–H groups in total. The van der Waals surface area contributed by atoms with Crippen molar-refractivity contribution < 1.29 is 9.59 Å². The fourth-order valence-electron chi connectivity index (χ4n) is 3.44. The molecule has 0 aliphatic carbocycles. The first kappa shape index (κ1) is 17.0. The lowest BCUT2D eigenvalue weighted by molar-refractivity contribution is -0.128. The quantitative estimate of drug-likeness (QED) is 0.708. The molecule has 1 aliphatic rings. The summed E-state index contributed by atoms with van der Waals surface area (Å²) in [6, 6.07) is 25.9. The first-order chi connectivity index (χ1) is 13.1. The van der Waals surface area contributed by atoms with E-state index in [9.17, 15) is 9.59 Å². The molecule has 1 heterocycles. The van der Waals surface area contributed by atoms with Crippen LogP contribution in [0, 0.1) is 6.92 Å². The third-order valence-corrected chi connectivity index (χ3v) is 4.82. The number of benzene rings is 3. The molecule has 0 spiro atoms. The van der Waals surface area contributed by atoms with E-state index in [0.29, 0.717) is 0 Å². The van der Waals surface area contributed by atoms with Crippen molar-refractivity contribution in [2.45, 2.75) is 13.0 Å². The molecule has 4 nitrogen and oxygen atoms in total. The highest BCUT2D eigenvalue weighted by molar-refractivity contribution is 6.14. The van der Waals surface area contributed by atoms with Crippen LogP contribution in [0.4, 0.5) is 11.4 Å². The van der Waals surface area contributed by atoms with E-state index < -0.39 is 6.04 Å². The molecule has 1 aliphatic heterocycles. The Morgan fingerprint density at radius 2 is 1.33 bits per heavy atom. The number of hydrogen-bond donors (Lipinski definition) is 0. The molecule has 134 valence electrons. The summed E-state index contributed by atoms with van der Waals surface area (Å²) in [4.78, 5) is 29.8. The Labute approximate surface area is 158 Å². The van der Waals surface area contributed by atoms with Crippen molar-refractivity contribution in [2.75, 3.05) is 16.3 Å². The van der Waals surface area contributed by atoms with E-state index in [1.807, 2.05) is 91.9 Å². The summed E-state index contributed by atoms with van der Waals surface area (Å²) in [6.45, 7) is 2.02. The minimum absolute atomic E-state index is 0.0279. The van der Waals surface area contributed by atoms with Crippen LogP contribution in [0.25, 0.3) is 0 Å².